The van der Waals surface area contributed by atoms with Crippen molar-refractivity contribution in [1.82, 2.24) is 0 Å². The van der Waals surface area contributed by atoms with Crippen LogP contribution in [0.1, 0.15) is 0 Å². The highest BCUT2D eigenvalue weighted by molar-refractivity contribution is 4.88. The molecule has 0 amide bonds. The van der Waals surface area contributed by atoms with E-state index < -0.39 is 24.4 Å². The molecule has 0 fully saturated rings. The third kappa shape index (κ3) is 2.41. The van der Waals surface area contributed by atoms with Gasteiger partial charge in [0.25, 0.3) is 6.17 Å². The molecule has 0 aliphatic rings. The van der Waals surface area contributed by atoms with Crippen molar-refractivity contribution in [3.63, 3.8) is 0 Å². The Labute approximate surface area is 65.3 Å². The van der Waals surface area contributed by atoms with Crippen molar-refractivity contribution in [3.05, 3.63) is 0 Å². The first-order chi connectivity index (χ1) is 5.40. The SMILES string of the molecule is F[C@@H](C(F)(F)F)C(F)(F)C(F)(F)F. The molecule has 0 bridgehead atoms. The van der Waals surface area contributed by atoms with Crippen molar-refractivity contribution in [2.45, 2.75) is 24.4 Å². The van der Waals surface area contributed by atoms with E-state index in [1.807, 2.05) is 0 Å². The first-order valence-corrected chi connectivity index (χ1v) is 2.56. The number of hydrogen-bond acceptors (Lipinski definition) is 0. The molecule has 0 rings (SSSR count). The smallest absolute Gasteiger partial charge is 0.230 e. The van der Waals surface area contributed by atoms with E-state index >= 15 is 0 Å². The molecule has 0 N–H and O–H groups in total. The molecule has 1 atom stereocenters. The normalized spacial score (nSPS) is 17.3. The van der Waals surface area contributed by atoms with Crippen LogP contribution >= 0.6 is 0 Å². The van der Waals surface area contributed by atoms with E-state index in [1.165, 1.54) is 0 Å². The molecule has 80 valence electrons. The number of alkyl halides is 9. The van der Waals surface area contributed by atoms with Gasteiger partial charge >= 0.3 is 18.3 Å². The fourth-order valence-corrected chi connectivity index (χ4v) is 0.349. The van der Waals surface area contributed by atoms with Crippen LogP contribution in [-0.4, -0.2) is 24.4 Å². The predicted molar refractivity (Wildman–Crippen MR) is 22.0 cm³/mol. The molecule has 0 spiro atoms. The van der Waals surface area contributed by atoms with Crippen LogP contribution in [0.3, 0.4) is 0 Å². The topological polar surface area (TPSA) is 0 Å². The second kappa shape index (κ2) is 2.95. The van der Waals surface area contributed by atoms with Crippen LogP contribution in [0.15, 0.2) is 0 Å². The van der Waals surface area contributed by atoms with Crippen LogP contribution in [0.5, 0.6) is 0 Å². The van der Waals surface area contributed by atoms with Gasteiger partial charge in [-0.1, -0.05) is 0 Å². The van der Waals surface area contributed by atoms with Crippen LogP contribution in [-0.2, 0) is 0 Å². The maximum Gasteiger partial charge on any atom is 0.456 e. The van der Waals surface area contributed by atoms with Crippen molar-refractivity contribution in [1.29, 1.82) is 0 Å². The number of halogens is 9. The third-order valence-corrected chi connectivity index (χ3v) is 0.984. The highest BCUT2D eigenvalue weighted by Crippen LogP contribution is 2.44. The van der Waals surface area contributed by atoms with Gasteiger partial charge in [0.1, 0.15) is 0 Å². The van der Waals surface area contributed by atoms with Crippen molar-refractivity contribution in [2.75, 3.05) is 0 Å². The van der Waals surface area contributed by atoms with E-state index in [0.717, 1.165) is 0 Å². The summed E-state index contributed by atoms with van der Waals surface area (Å²) < 4.78 is 102. The van der Waals surface area contributed by atoms with Gasteiger partial charge in [0.2, 0.25) is 0 Å². The Hall–Kier alpha value is -0.630. The average molecular weight is 220 g/mol. The van der Waals surface area contributed by atoms with E-state index in [4.69, 9.17) is 0 Å². The first-order valence-electron chi connectivity index (χ1n) is 2.56. The Morgan fingerprint density at radius 1 is 0.692 bits per heavy atom. The van der Waals surface area contributed by atoms with Crippen LogP contribution in [0.2, 0.25) is 0 Å². The molecule has 0 aromatic heterocycles. The lowest BCUT2D eigenvalue weighted by Gasteiger charge is -2.24. The van der Waals surface area contributed by atoms with E-state index in [-0.39, 0.29) is 0 Å². The van der Waals surface area contributed by atoms with Gasteiger partial charge < -0.3 is 0 Å². The minimum atomic E-state index is -6.55. The monoisotopic (exact) mass is 220 g/mol. The maximum atomic E-state index is 11.6. The van der Waals surface area contributed by atoms with Crippen LogP contribution in [0.25, 0.3) is 0 Å². The van der Waals surface area contributed by atoms with Gasteiger partial charge in [0, 0.05) is 0 Å². The summed E-state index contributed by atoms with van der Waals surface area (Å²) in [6.45, 7) is 0. The standard InChI is InChI=1S/C4HF9/c5-1(3(8,9)10)2(6,7)4(11,12)13/h1H/t1-/m1/s1. The molecule has 0 aliphatic carbocycles. The van der Waals surface area contributed by atoms with Gasteiger partial charge in [-0.15, -0.1) is 0 Å². The summed E-state index contributed by atoms with van der Waals surface area (Å²) in [6.07, 6.45) is -18.0. The van der Waals surface area contributed by atoms with Gasteiger partial charge in [-0.2, -0.15) is 35.1 Å². The Bertz CT molecular complexity index is 173. The molecule has 9 heteroatoms. The van der Waals surface area contributed by atoms with Crippen LogP contribution < -0.4 is 0 Å². The highest BCUT2D eigenvalue weighted by Gasteiger charge is 2.70. The van der Waals surface area contributed by atoms with Crippen molar-refractivity contribution >= 4 is 0 Å². The van der Waals surface area contributed by atoms with E-state index in [2.05, 4.69) is 0 Å². The quantitative estimate of drug-likeness (QED) is 0.595. The molecule has 0 heterocycles. The average Bonchev–Trinajstić information content (AvgIpc) is 1.81. The Kier molecular flexibility index (Phi) is 2.80. The molecule has 13 heavy (non-hydrogen) atoms. The van der Waals surface area contributed by atoms with Gasteiger partial charge in [-0.05, 0) is 0 Å². The van der Waals surface area contributed by atoms with E-state index in [0.29, 0.717) is 0 Å². The predicted octanol–water partition coefficient (Wildman–Crippen LogP) is 3.08. The largest absolute Gasteiger partial charge is 0.456 e. The minimum Gasteiger partial charge on any atom is -0.230 e. The fraction of sp³-hybridized carbons (Fsp3) is 1.00. The Balaban J connectivity index is 4.86. The maximum absolute atomic E-state index is 11.6. The molecular weight excluding hydrogens is 219 g/mol. The zero-order chi connectivity index (χ0) is 11.1. The Morgan fingerprint density at radius 2 is 1.00 bits per heavy atom. The summed E-state index contributed by atoms with van der Waals surface area (Å²) >= 11 is 0. The van der Waals surface area contributed by atoms with Crippen molar-refractivity contribution < 1.29 is 39.5 Å². The molecule has 0 unspecified atom stereocenters. The Morgan fingerprint density at radius 3 is 1.08 bits per heavy atom. The zero-order valence-corrected chi connectivity index (χ0v) is 5.48. The first kappa shape index (κ1) is 12.4. The summed E-state index contributed by atoms with van der Waals surface area (Å²) in [4.78, 5) is 0. The zero-order valence-electron chi connectivity index (χ0n) is 5.48. The summed E-state index contributed by atoms with van der Waals surface area (Å²) in [5, 5.41) is 0. The molecule has 0 saturated carbocycles. The molecular formula is C4HF9. The van der Waals surface area contributed by atoms with Gasteiger partial charge in [-0.3, -0.25) is 0 Å². The fourth-order valence-electron chi connectivity index (χ4n) is 0.349. The number of hydrogen-bond donors (Lipinski definition) is 0. The molecule has 0 saturated heterocycles. The minimum absolute atomic E-state index is 5.24. The third-order valence-electron chi connectivity index (χ3n) is 0.984. The molecule has 0 nitrogen and oxygen atoms in total. The second-order valence-electron chi connectivity index (χ2n) is 2.02. The van der Waals surface area contributed by atoms with E-state index in [9.17, 15) is 39.5 Å². The van der Waals surface area contributed by atoms with E-state index in [1.54, 1.807) is 0 Å². The van der Waals surface area contributed by atoms with Gasteiger partial charge in [-0.25, -0.2) is 4.39 Å². The second-order valence-corrected chi connectivity index (χ2v) is 2.02. The summed E-state index contributed by atoms with van der Waals surface area (Å²) in [7, 11) is 0. The molecule has 0 aromatic carbocycles. The lowest BCUT2D eigenvalue weighted by Crippen LogP contribution is -2.51. The highest BCUT2D eigenvalue weighted by atomic mass is 19.4. The molecule has 0 radical (unpaired) electrons. The summed E-state index contributed by atoms with van der Waals surface area (Å²) in [6, 6.07) is 0. The number of rotatable bonds is 1. The molecule has 0 aliphatic heterocycles. The van der Waals surface area contributed by atoms with Crippen LogP contribution in [0.4, 0.5) is 39.5 Å². The van der Waals surface area contributed by atoms with Gasteiger partial charge in [0.05, 0.1) is 0 Å². The lowest BCUT2D eigenvalue weighted by molar-refractivity contribution is -0.344. The summed E-state index contributed by atoms with van der Waals surface area (Å²) in [5.41, 5.74) is 0. The van der Waals surface area contributed by atoms with Gasteiger partial charge in [0.15, 0.2) is 0 Å². The van der Waals surface area contributed by atoms with Crippen LogP contribution in [0, 0.1) is 0 Å². The molecule has 0 aromatic rings. The van der Waals surface area contributed by atoms with Crippen molar-refractivity contribution in [2.24, 2.45) is 0 Å². The van der Waals surface area contributed by atoms with Crippen molar-refractivity contribution in [3.8, 4) is 0 Å². The lowest BCUT2D eigenvalue weighted by atomic mass is 10.2. The summed E-state index contributed by atoms with van der Waals surface area (Å²) in [5.74, 6) is -6.41.